The Labute approximate surface area is 197 Å². The second-order valence-corrected chi connectivity index (χ2v) is 9.01. The van der Waals surface area contributed by atoms with Crippen LogP contribution < -0.4 is 14.9 Å². The van der Waals surface area contributed by atoms with Crippen LogP contribution in [-0.2, 0) is 17.8 Å². The lowest BCUT2D eigenvalue weighted by Gasteiger charge is -2.19. The Balaban J connectivity index is 1.59. The summed E-state index contributed by atoms with van der Waals surface area (Å²) in [7, 11) is 0. The lowest BCUT2D eigenvalue weighted by molar-refractivity contribution is -0.118. The Morgan fingerprint density at radius 2 is 1.91 bits per heavy atom. The molecular weight excluding hydrogens is 430 g/mol. The maximum absolute atomic E-state index is 11.8. The highest BCUT2D eigenvalue weighted by Gasteiger charge is 2.18. The topological polar surface area (TPSA) is 55.6 Å². The van der Waals surface area contributed by atoms with Crippen LogP contribution >= 0.6 is 11.3 Å². The van der Waals surface area contributed by atoms with Crippen LogP contribution in [-0.4, -0.2) is 17.1 Å². The summed E-state index contributed by atoms with van der Waals surface area (Å²) in [5.74, 6) is 0.567. The van der Waals surface area contributed by atoms with Crippen LogP contribution in [0.4, 0.5) is 11.4 Å². The molecule has 3 aromatic carbocycles. The highest BCUT2D eigenvalue weighted by Crippen LogP contribution is 2.33. The fourth-order valence-electron chi connectivity index (χ4n) is 3.95. The van der Waals surface area contributed by atoms with Gasteiger partial charge in [-0.3, -0.25) is 4.79 Å². The van der Waals surface area contributed by atoms with Crippen molar-refractivity contribution in [2.24, 2.45) is 4.99 Å². The Morgan fingerprint density at radius 1 is 1.06 bits per heavy atom. The first-order valence-electron chi connectivity index (χ1n) is 11.0. The van der Waals surface area contributed by atoms with Crippen LogP contribution in [0.5, 0.6) is 5.75 Å². The van der Waals surface area contributed by atoms with Gasteiger partial charge in [0, 0.05) is 17.5 Å². The minimum Gasteiger partial charge on any atom is -0.482 e. The van der Waals surface area contributed by atoms with E-state index in [0.29, 0.717) is 11.4 Å². The molecule has 1 aliphatic heterocycles. The van der Waals surface area contributed by atoms with Crippen molar-refractivity contribution >= 4 is 28.6 Å². The minimum atomic E-state index is -0.132. The van der Waals surface area contributed by atoms with Gasteiger partial charge in [-0.25, -0.2) is 4.99 Å². The summed E-state index contributed by atoms with van der Waals surface area (Å²) in [6.07, 6.45) is 0.898. The molecule has 0 saturated carbocycles. The third-order valence-electron chi connectivity index (χ3n) is 5.96. The first-order chi connectivity index (χ1) is 16.1. The number of ether oxygens (including phenoxy) is 1. The zero-order chi connectivity index (χ0) is 22.8. The monoisotopic (exact) mass is 455 g/mol. The van der Waals surface area contributed by atoms with E-state index in [2.05, 4.69) is 71.6 Å². The molecule has 0 fully saturated rings. The Morgan fingerprint density at radius 3 is 2.76 bits per heavy atom. The van der Waals surface area contributed by atoms with Crippen LogP contribution in [0.15, 0.2) is 77.1 Å². The van der Waals surface area contributed by atoms with E-state index in [1.165, 1.54) is 16.7 Å². The number of nitrogens with one attached hydrogen (secondary N) is 1. The van der Waals surface area contributed by atoms with Crippen LogP contribution in [0.3, 0.4) is 0 Å². The molecule has 0 radical (unpaired) electrons. The SMILES string of the molecule is Cc1cccc(N=c2scc(-c3ccc4c(c3)NC(=O)CO4)n2CCc2ccccc2)c1C. The number of amides is 1. The van der Waals surface area contributed by atoms with Gasteiger partial charge in [0.25, 0.3) is 5.91 Å². The fraction of sp³-hybridized carbons (Fsp3) is 0.185. The summed E-state index contributed by atoms with van der Waals surface area (Å²) >= 11 is 1.63. The molecule has 1 amide bonds. The largest absolute Gasteiger partial charge is 0.482 e. The van der Waals surface area contributed by atoms with Crippen LogP contribution in [0.1, 0.15) is 16.7 Å². The van der Waals surface area contributed by atoms with E-state index in [1.54, 1.807) is 11.3 Å². The van der Waals surface area contributed by atoms with E-state index in [4.69, 9.17) is 9.73 Å². The number of aryl methyl sites for hydroxylation is 2. The van der Waals surface area contributed by atoms with Gasteiger partial charge in [0.05, 0.1) is 17.1 Å². The van der Waals surface area contributed by atoms with Crippen molar-refractivity contribution in [1.29, 1.82) is 0 Å². The van der Waals surface area contributed by atoms with Crippen molar-refractivity contribution in [1.82, 2.24) is 4.57 Å². The van der Waals surface area contributed by atoms with Crippen molar-refractivity contribution in [2.45, 2.75) is 26.8 Å². The number of benzene rings is 3. The van der Waals surface area contributed by atoms with Gasteiger partial charge in [0.2, 0.25) is 0 Å². The molecule has 2 heterocycles. The number of nitrogens with zero attached hydrogens (tertiary/aromatic N) is 2. The van der Waals surface area contributed by atoms with E-state index >= 15 is 0 Å². The predicted molar refractivity (Wildman–Crippen MR) is 133 cm³/mol. The molecule has 0 atom stereocenters. The second kappa shape index (κ2) is 9.08. The maximum atomic E-state index is 11.8. The average Bonchev–Trinajstić information content (AvgIpc) is 3.23. The molecule has 0 bridgehead atoms. The summed E-state index contributed by atoms with van der Waals surface area (Å²) in [6, 6.07) is 22.7. The van der Waals surface area contributed by atoms with Gasteiger partial charge in [-0.2, -0.15) is 0 Å². The molecule has 0 saturated heterocycles. The molecule has 4 aromatic rings. The number of aromatic nitrogens is 1. The van der Waals surface area contributed by atoms with Gasteiger partial charge < -0.3 is 14.6 Å². The van der Waals surface area contributed by atoms with Crippen LogP contribution in [0, 0.1) is 13.8 Å². The predicted octanol–water partition coefficient (Wildman–Crippen LogP) is 5.64. The third kappa shape index (κ3) is 4.47. The second-order valence-electron chi connectivity index (χ2n) is 8.17. The van der Waals surface area contributed by atoms with Gasteiger partial charge in [-0.05, 0) is 61.2 Å². The summed E-state index contributed by atoms with van der Waals surface area (Å²) in [5.41, 5.74) is 7.49. The lowest BCUT2D eigenvalue weighted by atomic mass is 10.1. The molecule has 1 aliphatic rings. The summed E-state index contributed by atoms with van der Waals surface area (Å²) in [5, 5.41) is 5.06. The molecule has 6 heteroatoms. The van der Waals surface area contributed by atoms with E-state index in [1.807, 2.05) is 24.3 Å². The first kappa shape index (κ1) is 21.2. The Bertz CT molecular complexity index is 1390. The summed E-state index contributed by atoms with van der Waals surface area (Å²) in [4.78, 5) is 17.8. The Hall–Kier alpha value is -3.64. The molecule has 5 rings (SSSR count). The van der Waals surface area contributed by atoms with E-state index in [0.717, 1.165) is 34.7 Å². The molecule has 33 heavy (non-hydrogen) atoms. The summed E-state index contributed by atoms with van der Waals surface area (Å²) in [6.45, 7) is 5.08. The lowest BCUT2D eigenvalue weighted by Crippen LogP contribution is -2.25. The van der Waals surface area contributed by atoms with Crippen molar-refractivity contribution < 1.29 is 9.53 Å². The molecular formula is C27H25N3O2S. The summed E-state index contributed by atoms with van der Waals surface area (Å²) < 4.78 is 7.81. The molecule has 0 unspecified atom stereocenters. The number of hydrogen-bond acceptors (Lipinski definition) is 4. The maximum Gasteiger partial charge on any atom is 0.262 e. The molecule has 1 aromatic heterocycles. The number of thiazole rings is 1. The highest BCUT2D eigenvalue weighted by molar-refractivity contribution is 7.07. The van der Waals surface area contributed by atoms with Gasteiger partial charge in [0.1, 0.15) is 5.75 Å². The zero-order valence-corrected chi connectivity index (χ0v) is 19.5. The molecule has 0 spiro atoms. The number of rotatable bonds is 5. The Kier molecular flexibility index (Phi) is 5.84. The standard InChI is InChI=1S/C27H25N3O2S/c1-18-7-6-10-22(19(18)2)29-27-30(14-13-20-8-4-3-5-9-20)24(17-33-27)21-11-12-25-23(15-21)28-26(31)16-32-25/h3-12,15,17H,13-14,16H2,1-2H3,(H,28,31). The quantitative estimate of drug-likeness (QED) is 0.423. The van der Waals surface area contributed by atoms with Crippen molar-refractivity contribution in [2.75, 3.05) is 11.9 Å². The van der Waals surface area contributed by atoms with Crippen molar-refractivity contribution in [3.05, 3.63) is 93.6 Å². The van der Waals surface area contributed by atoms with Crippen LogP contribution in [0.2, 0.25) is 0 Å². The van der Waals surface area contributed by atoms with Crippen molar-refractivity contribution in [3.63, 3.8) is 0 Å². The van der Waals surface area contributed by atoms with E-state index in [9.17, 15) is 4.79 Å². The average molecular weight is 456 g/mol. The third-order valence-corrected chi connectivity index (χ3v) is 6.83. The number of hydrogen-bond donors (Lipinski definition) is 1. The van der Waals surface area contributed by atoms with Gasteiger partial charge in [-0.1, -0.05) is 42.5 Å². The number of carbonyl (C=O) groups excluding carboxylic acids is 1. The molecule has 0 aliphatic carbocycles. The van der Waals surface area contributed by atoms with Gasteiger partial charge >= 0.3 is 0 Å². The zero-order valence-electron chi connectivity index (χ0n) is 18.7. The van der Waals surface area contributed by atoms with Gasteiger partial charge in [-0.15, -0.1) is 11.3 Å². The van der Waals surface area contributed by atoms with E-state index in [-0.39, 0.29) is 12.5 Å². The van der Waals surface area contributed by atoms with Crippen molar-refractivity contribution in [3.8, 4) is 17.0 Å². The molecule has 1 N–H and O–H groups in total. The first-order valence-corrected chi connectivity index (χ1v) is 11.9. The normalized spacial score (nSPS) is 13.4. The fourth-order valence-corrected chi connectivity index (χ4v) is 4.90. The number of carbonyl (C=O) groups is 1. The minimum absolute atomic E-state index is 0.0563. The van der Waals surface area contributed by atoms with Gasteiger partial charge in [0.15, 0.2) is 11.4 Å². The highest BCUT2D eigenvalue weighted by atomic mass is 32.1. The number of fused-ring (bicyclic) bond motifs is 1. The number of anilines is 1. The molecule has 5 nitrogen and oxygen atoms in total. The van der Waals surface area contributed by atoms with Crippen LogP contribution in [0.25, 0.3) is 11.3 Å². The molecule has 166 valence electrons. The van der Waals surface area contributed by atoms with E-state index < -0.39 is 0 Å². The smallest absolute Gasteiger partial charge is 0.262 e.